The zero-order chi connectivity index (χ0) is 18.4. The van der Waals surface area contributed by atoms with Gasteiger partial charge in [0.15, 0.2) is 11.7 Å². The van der Waals surface area contributed by atoms with E-state index in [1.54, 1.807) is 13.3 Å². The predicted octanol–water partition coefficient (Wildman–Crippen LogP) is 3.19. The summed E-state index contributed by atoms with van der Waals surface area (Å²) < 4.78 is 5.29. The third kappa shape index (κ3) is 4.43. The number of H-pyrrole nitrogens is 1. The van der Waals surface area contributed by atoms with Crippen LogP contribution < -0.4 is 10.6 Å². The summed E-state index contributed by atoms with van der Waals surface area (Å²) in [6.45, 7) is 2.70. The molecule has 8 heteroatoms. The summed E-state index contributed by atoms with van der Waals surface area (Å²) in [5.74, 6) is 2.67. The molecule has 1 atom stereocenters. The van der Waals surface area contributed by atoms with Gasteiger partial charge in [0.1, 0.15) is 5.82 Å². The van der Waals surface area contributed by atoms with E-state index in [1.807, 2.05) is 43.3 Å². The lowest BCUT2D eigenvalue weighted by Crippen LogP contribution is -2.39. The van der Waals surface area contributed by atoms with Crippen LogP contribution in [0.15, 0.2) is 52.1 Å². The fourth-order valence-corrected chi connectivity index (χ4v) is 2.83. The Labute approximate surface area is 156 Å². The Balaban J connectivity index is 1.51. The van der Waals surface area contributed by atoms with Gasteiger partial charge in [-0.15, -0.1) is 0 Å². The second-order valence-electron chi connectivity index (χ2n) is 5.72. The number of hydrogen-bond donors (Lipinski definition) is 3. The first-order valence-electron chi connectivity index (χ1n) is 8.34. The first-order valence-corrected chi connectivity index (χ1v) is 8.72. The van der Waals surface area contributed by atoms with E-state index in [4.69, 9.17) is 16.0 Å². The summed E-state index contributed by atoms with van der Waals surface area (Å²) in [7, 11) is 1.73. The fraction of sp³-hybridized carbons (Fsp3) is 0.278. The highest BCUT2D eigenvalue weighted by Crippen LogP contribution is 2.21. The van der Waals surface area contributed by atoms with Crippen molar-refractivity contribution in [3.8, 4) is 11.6 Å². The third-order valence-corrected chi connectivity index (χ3v) is 4.22. The molecule has 3 aromatic rings. The molecule has 7 nitrogen and oxygen atoms in total. The highest BCUT2D eigenvalue weighted by atomic mass is 35.5. The number of aromatic amines is 1. The van der Waals surface area contributed by atoms with E-state index in [0.29, 0.717) is 30.5 Å². The van der Waals surface area contributed by atoms with Crippen molar-refractivity contribution >= 4 is 17.6 Å². The lowest BCUT2D eigenvalue weighted by Gasteiger charge is -2.19. The van der Waals surface area contributed by atoms with Crippen molar-refractivity contribution in [3.63, 3.8) is 0 Å². The van der Waals surface area contributed by atoms with Gasteiger partial charge < -0.3 is 15.1 Å². The first-order chi connectivity index (χ1) is 12.7. The van der Waals surface area contributed by atoms with Gasteiger partial charge in [0.25, 0.3) is 0 Å². The van der Waals surface area contributed by atoms with Gasteiger partial charge in [-0.3, -0.25) is 10.1 Å². The summed E-state index contributed by atoms with van der Waals surface area (Å²) in [5.41, 5.74) is 1.02. The Morgan fingerprint density at radius 2 is 2.15 bits per heavy atom. The highest BCUT2D eigenvalue weighted by Gasteiger charge is 2.11. The van der Waals surface area contributed by atoms with Crippen LogP contribution in [0.5, 0.6) is 0 Å². The van der Waals surface area contributed by atoms with Crippen molar-refractivity contribution in [2.24, 2.45) is 4.99 Å². The average Bonchev–Trinajstić information content (AvgIpc) is 3.32. The Hall–Kier alpha value is -2.80. The molecule has 0 saturated heterocycles. The van der Waals surface area contributed by atoms with Crippen molar-refractivity contribution in [1.82, 2.24) is 25.8 Å². The monoisotopic (exact) mass is 372 g/mol. The summed E-state index contributed by atoms with van der Waals surface area (Å²) in [6.07, 6.45) is 2.28. The van der Waals surface area contributed by atoms with Crippen LogP contribution >= 0.6 is 11.6 Å². The van der Waals surface area contributed by atoms with Crippen LogP contribution in [0.1, 0.15) is 24.4 Å². The number of nitrogens with zero attached hydrogens (tertiary/aromatic N) is 3. The maximum atomic E-state index is 6.25. The van der Waals surface area contributed by atoms with Crippen molar-refractivity contribution < 1.29 is 4.42 Å². The average molecular weight is 373 g/mol. The van der Waals surface area contributed by atoms with Gasteiger partial charge in [-0.1, -0.05) is 29.8 Å². The highest BCUT2D eigenvalue weighted by molar-refractivity contribution is 6.31. The largest absolute Gasteiger partial charge is 0.461 e. The number of rotatable bonds is 6. The van der Waals surface area contributed by atoms with E-state index in [0.717, 1.165) is 16.4 Å². The zero-order valence-corrected chi connectivity index (χ0v) is 15.4. The molecule has 0 fully saturated rings. The van der Waals surface area contributed by atoms with Crippen LogP contribution in [0.4, 0.5) is 0 Å². The maximum absolute atomic E-state index is 6.25. The second kappa shape index (κ2) is 8.53. The summed E-state index contributed by atoms with van der Waals surface area (Å²) in [5, 5.41) is 14.4. The Morgan fingerprint density at radius 1 is 1.31 bits per heavy atom. The third-order valence-electron chi connectivity index (χ3n) is 3.88. The van der Waals surface area contributed by atoms with Gasteiger partial charge in [0.2, 0.25) is 5.82 Å². The molecule has 3 rings (SSSR count). The van der Waals surface area contributed by atoms with E-state index >= 15 is 0 Å². The number of furan rings is 1. The van der Waals surface area contributed by atoms with Crippen molar-refractivity contribution in [3.05, 3.63) is 59.1 Å². The Morgan fingerprint density at radius 3 is 2.88 bits per heavy atom. The van der Waals surface area contributed by atoms with E-state index in [1.165, 1.54) is 0 Å². The number of halogens is 1. The molecule has 26 heavy (non-hydrogen) atoms. The Bertz CT molecular complexity index is 858. The number of aliphatic imine (C=N–C) groups is 1. The molecule has 0 amide bonds. The lowest BCUT2D eigenvalue weighted by molar-refractivity contribution is 0.577. The van der Waals surface area contributed by atoms with Gasteiger partial charge in [-0.05, 0) is 30.7 Å². The van der Waals surface area contributed by atoms with Crippen molar-refractivity contribution in [2.75, 3.05) is 13.6 Å². The molecule has 2 heterocycles. The fourth-order valence-electron chi connectivity index (χ4n) is 2.53. The molecule has 0 saturated carbocycles. The topological polar surface area (TPSA) is 91.1 Å². The van der Waals surface area contributed by atoms with Crippen LogP contribution in [0.2, 0.25) is 5.02 Å². The number of aromatic nitrogens is 3. The van der Waals surface area contributed by atoms with Crippen LogP contribution in [0.25, 0.3) is 11.6 Å². The normalized spacial score (nSPS) is 12.8. The lowest BCUT2D eigenvalue weighted by atomic mass is 10.1. The van der Waals surface area contributed by atoms with Crippen LogP contribution in [-0.2, 0) is 6.42 Å². The summed E-state index contributed by atoms with van der Waals surface area (Å²) in [6, 6.07) is 11.4. The number of nitrogens with one attached hydrogen (secondary N) is 3. The first kappa shape index (κ1) is 18.0. The molecule has 2 aromatic heterocycles. The van der Waals surface area contributed by atoms with Gasteiger partial charge in [-0.25, -0.2) is 4.98 Å². The quantitative estimate of drug-likeness (QED) is 0.456. The van der Waals surface area contributed by atoms with E-state index in [-0.39, 0.29) is 6.04 Å². The van der Waals surface area contributed by atoms with Crippen molar-refractivity contribution in [1.29, 1.82) is 0 Å². The molecule has 1 aromatic carbocycles. The molecule has 136 valence electrons. The minimum Gasteiger partial charge on any atom is -0.461 e. The van der Waals surface area contributed by atoms with Gasteiger partial charge >= 0.3 is 0 Å². The molecule has 0 aliphatic heterocycles. The molecule has 0 aliphatic carbocycles. The SMILES string of the molecule is CN=C(NCCc1nc(-c2ccco2)n[nH]1)NC(C)c1ccccc1Cl. The maximum Gasteiger partial charge on any atom is 0.216 e. The number of benzene rings is 1. The van der Waals surface area contributed by atoms with E-state index in [9.17, 15) is 0 Å². The van der Waals surface area contributed by atoms with Crippen LogP contribution in [-0.4, -0.2) is 34.7 Å². The molecular weight excluding hydrogens is 352 g/mol. The molecule has 0 aliphatic rings. The van der Waals surface area contributed by atoms with E-state index in [2.05, 4.69) is 30.8 Å². The molecule has 0 radical (unpaired) electrons. The minimum absolute atomic E-state index is 0.0331. The van der Waals surface area contributed by atoms with Gasteiger partial charge in [0, 0.05) is 25.0 Å². The molecular formula is C18H21ClN6O. The van der Waals surface area contributed by atoms with Crippen LogP contribution in [0, 0.1) is 0 Å². The number of guanidine groups is 1. The summed E-state index contributed by atoms with van der Waals surface area (Å²) >= 11 is 6.25. The zero-order valence-electron chi connectivity index (χ0n) is 14.7. The van der Waals surface area contributed by atoms with Gasteiger partial charge in [0.05, 0.1) is 12.3 Å². The smallest absolute Gasteiger partial charge is 0.216 e. The van der Waals surface area contributed by atoms with Gasteiger partial charge in [-0.2, -0.15) is 5.10 Å². The van der Waals surface area contributed by atoms with Crippen LogP contribution in [0.3, 0.4) is 0 Å². The second-order valence-corrected chi connectivity index (χ2v) is 6.13. The molecule has 3 N–H and O–H groups in total. The molecule has 0 bridgehead atoms. The summed E-state index contributed by atoms with van der Waals surface area (Å²) in [4.78, 5) is 8.67. The standard InChI is InChI=1S/C18H21ClN6O/c1-12(13-6-3-4-7-14(13)19)22-18(20-2)21-10-9-16-23-17(25-24-16)15-8-5-11-26-15/h3-8,11-12H,9-10H2,1-2H3,(H2,20,21,22)(H,23,24,25). The Kier molecular flexibility index (Phi) is 5.91. The molecule has 0 spiro atoms. The number of hydrogen-bond acceptors (Lipinski definition) is 4. The molecule has 1 unspecified atom stereocenters. The van der Waals surface area contributed by atoms with Crippen molar-refractivity contribution in [2.45, 2.75) is 19.4 Å². The predicted molar refractivity (Wildman–Crippen MR) is 102 cm³/mol. The minimum atomic E-state index is 0.0331. The van der Waals surface area contributed by atoms with E-state index < -0.39 is 0 Å².